The zero-order chi connectivity index (χ0) is 11.8. The molecule has 0 N–H and O–H groups in total. The first-order valence-corrected chi connectivity index (χ1v) is 7.43. The molecular formula is C13H15BrCl2. The van der Waals surface area contributed by atoms with Gasteiger partial charge < -0.3 is 0 Å². The lowest BCUT2D eigenvalue weighted by Gasteiger charge is -2.27. The number of benzene rings is 1. The van der Waals surface area contributed by atoms with Crippen molar-refractivity contribution in [3.8, 4) is 0 Å². The van der Waals surface area contributed by atoms with E-state index in [0.29, 0.717) is 15.5 Å². The molecule has 0 aliphatic heterocycles. The number of hydrogen-bond donors (Lipinski definition) is 0. The van der Waals surface area contributed by atoms with Gasteiger partial charge in [-0.3, -0.25) is 0 Å². The standard InChI is InChI=1S/C13H15BrCl2/c1-13(8-14,10-3-4-10)7-9-2-5-11(15)12(16)6-9/h2,5-6,10H,3-4,7-8H2,1H3. The van der Waals surface area contributed by atoms with Gasteiger partial charge in [-0.25, -0.2) is 0 Å². The highest BCUT2D eigenvalue weighted by Gasteiger charge is 2.40. The fraction of sp³-hybridized carbons (Fsp3) is 0.538. The van der Waals surface area contributed by atoms with E-state index in [-0.39, 0.29) is 0 Å². The Bertz CT molecular complexity index is 388. The summed E-state index contributed by atoms with van der Waals surface area (Å²) in [6, 6.07) is 5.96. The molecule has 1 aliphatic carbocycles. The van der Waals surface area contributed by atoms with Gasteiger partial charge in [-0.1, -0.05) is 52.1 Å². The Morgan fingerprint density at radius 2 is 2.00 bits per heavy atom. The van der Waals surface area contributed by atoms with Crippen LogP contribution in [0.4, 0.5) is 0 Å². The van der Waals surface area contributed by atoms with Crippen molar-refractivity contribution < 1.29 is 0 Å². The first-order chi connectivity index (χ1) is 7.55. The molecule has 2 rings (SSSR count). The monoisotopic (exact) mass is 320 g/mol. The van der Waals surface area contributed by atoms with Gasteiger partial charge in [0.1, 0.15) is 0 Å². The van der Waals surface area contributed by atoms with Crippen LogP contribution in [0.25, 0.3) is 0 Å². The first-order valence-electron chi connectivity index (χ1n) is 5.55. The molecule has 0 aromatic heterocycles. The maximum Gasteiger partial charge on any atom is 0.0595 e. The molecule has 0 spiro atoms. The Morgan fingerprint density at radius 3 is 2.50 bits per heavy atom. The minimum Gasteiger partial charge on any atom is -0.0922 e. The maximum atomic E-state index is 6.04. The third-order valence-corrected chi connectivity index (χ3v) is 5.48. The molecule has 0 saturated heterocycles. The summed E-state index contributed by atoms with van der Waals surface area (Å²) < 4.78 is 0. The van der Waals surface area contributed by atoms with Crippen LogP contribution in [-0.4, -0.2) is 5.33 Å². The maximum absolute atomic E-state index is 6.04. The molecule has 1 atom stereocenters. The Kier molecular flexibility index (Phi) is 3.88. The summed E-state index contributed by atoms with van der Waals surface area (Å²) in [5, 5.41) is 2.34. The number of halogens is 3. The van der Waals surface area contributed by atoms with Gasteiger partial charge in [0.25, 0.3) is 0 Å². The van der Waals surface area contributed by atoms with Crippen LogP contribution < -0.4 is 0 Å². The first kappa shape index (κ1) is 12.7. The largest absolute Gasteiger partial charge is 0.0922 e. The summed E-state index contributed by atoms with van der Waals surface area (Å²) in [4.78, 5) is 0. The lowest BCUT2D eigenvalue weighted by Crippen LogP contribution is -2.24. The third kappa shape index (κ3) is 2.75. The van der Waals surface area contributed by atoms with Crippen molar-refractivity contribution in [3.63, 3.8) is 0 Å². The Morgan fingerprint density at radius 1 is 1.31 bits per heavy atom. The molecule has 88 valence electrons. The Labute approximate surface area is 115 Å². The highest BCUT2D eigenvalue weighted by Crippen LogP contribution is 2.48. The zero-order valence-corrected chi connectivity index (χ0v) is 12.4. The van der Waals surface area contributed by atoms with Crippen LogP contribution in [-0.2, 0) is 6.42 Å². The number of alkyl halides is 1. The van der Waals surface area contributed by atoms with E-state index in [1.165, 1.54) is 18.4 Å². The van der Waals surface area contributed by atoms with E-state index in [1.54, 1.807) is 0 Å². The summed E-state index contributed by atoms with van der Waals surface area (Å²) in [6.45, 7) is 2.35. The second kappa shape index (κ2) is 4.88. The predicted octanol–water partition coefficient (Wildman–Crippen LogP) is 5.35. The van der Waals surface area contributed by atoms with Gasteiger partial charge >= 0.3 is 0 Å². The van der Waals surface area contributed by atoms with Crippen LogP contribution >= 0.6 is 39.1 Å². The summed E-state index contributed by atoms with van der Waals surface area (Å²) >= 11 is 15.6. The van der Waals surface area contributed by atoms with Gasteiger partial charge in [0, 0.05) is 5.33 Å². The van der Waals surface area contributed by atoms with Crippen molar-refractivity contribution in [2.75, 3.05) is 5.33 Å². The Balaban J connectivity index is 2.15. The predicted molar refractivity (Wildman–Crippen MR) is 74.8 cm³/mol. The van der Waals surface area contributed by atoms with Crippen LogP contribution in [0.5, 0.6) is 0 Å². The quantitative estimate of drug-likeness (QED) is 0.656. The molecular weight excluding hydrogens is 307 g/mol. The lowest BCUT2D eigenvalue weighted by molar-refractivity contribution is 0.319. The van der Waals surface area contributed by atoms with Crippen molar-refractivity contribution in [1.29, 1.82) is 0 Å². The second-order valence-electron chi connectivity index (χ2n) is 4.99. The zero-order valence-electron chi connectivity index (χ0n) is 9.27. The Hall–Kier alpha value is 0.280. The molecule has 16 heavy (non-hydrogen) atoms. The molecule has 1 fully saturated rings. The van der Waals surface area contributed by atoms with E-state index >= 15 is 0 Å². The van der Waals surface area contributed by atoms with E-state index in [1.807, 2.05) is 12.1 Å². The average molecular weight is 322 g/mol. The normalized spacial score (nSPS) is 19.5. The molecule has 1 aliphatic rings. The SMILES string of the molecule is CC(CBr)(Cc1ccc(Cl)c(Cl)c1)C1CC1. The van der Waals surface area contributed by atoms with Crippen molar-refractivity contribution in [2.45, 2.75) is 26.2 Å². The molecule has 0 bridgehead atoms. The minimum absolute atomic E-state index is 0.358. The smallest absolute Gasteiger partial charge is 0.0595 e. The van der Waals surface area contributed by atoms with Crippen LogP contribution in [0.2, 0.25) is 10.0 Å². The van der Waals surface area contributed by atoms with Gasteiger partial charge in [-0.2, -0.15) is 0 Å². The third-order valence-electron chi connectivity index (χ3n) is 3.46. The fourth-order valence-corrected chi connectivity index (χ4v) is 3.17. The summed E-state index contributed by atoms with van der Waals surface area (Å²) in [6.07, 6.45) is 3.80. The van der Waals surface area contributed by atoms with Gasteiger partial charge in [0.05, 0.1) is 10.0 Å². The van der Waals surface area contributed by atoms with Crippen molar-refractivity contribution >= 4 is 39.1 Å². The minimum atomic E-state index is 0.358. The van der Waals surface area contributed by atoms with E-state index in [0.717, 1.165) is 17.7 Å². The van der Waals surface area contributed by atoms with Crippen LogP contribution in [0.3, 0.4) is 0 Å². The fourth-order valence-electron chi connectivity index (χ4n) is 2.20. The van der Waals surface area contributed by atoms with E-state index in [4.69, 9.17) is 23.2 Å². The van der Waals surface area contributed by atoms with Crippen molar-refractivity contribution in [1.82, 2.24) is 0 Å². The molecule has 1 saturated carbocycles. The molecule has 0 amide bonds. The molecule has 3 heteroatoms. The summed E-state index contributed by atoms with van der Waals surface area (Å²) in [5.74, 6) is 0.862. The molecule has 1 aromatic carbocycles. The van der Waals surface area contributed by atoms with Gasteiger partial charge in [0.15, 0.2) is 0 Å². The average Bonchev–Trinajstić information content (AvgIpc) is 3.07. The number of rotatable bonds is 4. The second-order valence-corrected chi connectivity index (χ2v) is 6.36. The molecule has 0 heterocycles. The van der Waals surface area contributed by atoms with Crippen LogP contribution in [0, 0.1) is 11.3 Å². The van der Waals surface area contributed by atoms with Crippen LogP contribution in [0.15, 0.2) is 18.2 Å². The van der Waals surface area contributed by atoms with Gasteiger partial charge in [-0.05, 0) is 48.3 Å². The summed E-state index contributed by atoms with van der Waals surface area (Å²) in [7, 11) is 0. The highest BCUT2D eigenvalue weighted by molar-refractivity contribution is 9.09. The van der Waals surface area contributed by atoms with Gasteiger partial charge in [-0.15, -0.1) is 0 Å². The van der Waals surface area contributed by atoms with E-state index in [9.17, 15) is 0 Å². The van der Waals surface area contributed by atoms with Gasteiger partial charge in [0.2, 0.25) is 0 Å². The van der Waals surface area contributed by atoms with Crippen molar-refractivity contribution in [2.24, 2.45) is 11.3 Å². The lowest BCUT2D eigenvalue weighted by atomic mass is 9.81. The molecule has 1 aromatic rings. The topological polar surface area (TPSA) is 0 Å². The van der Waals surface area contributed by atoms with Crippen molar-refractivity contribution in [3.05, 3.63) is 33.8 Å². The molecule has 1 unspecified atom stereocenters. The molecule has 0 radical (unpaired) electrons. The highest BCUT2D eigenvalue weighted by atomic mass is 79.9. The van der Waals surface area contributed by atoms with E-state index < -0.39 is 0 Å². The van der Waals surface area contributed by atoms with Crippen LogP contribution in [0.1, 0.15) is 25.3 Å². The number of hydrogen-bond acceptors (Lipinski definition) is 0. The molecule has 0 nitrogen and oxygen atoms in total. The van der Waals surface area contributed by atoms with E-state index in [2.05, 4.69) is 28.9 Å². The summed E-state index contributed by atoms with van der Waals surface area (Å²) in [5.41, 5.74) is 1.64.